The first kappa shape index (κ1) is 17.2. The van der Waals surface area contributed by atoms with E-state index >= 15 is 0 Å². The van der Waals surface area contributed by atoms with Crippen LogP contribution in [-0.2, 0) is 0 Å². The van der Waals surface area contributed by atoms with Crippen LogP contribution in [-0.4, -0.2) is 9.95 Å². The molecule has 0 heterocycles. The first-order chi connectivity index (χ1) is 10.4. The van der Waals surface area contributed by atoms with Crippen LogP contribution in [0.25, 0.3) is 0 Å². The number of para-hydroxylation sites is 1. The lowest BCUT2D eigenvalue weighted by Gasteiger charge is -2.23. The summed E-state index contributed by atoms with van der Waals surface area (Å²) < 4.78 is 12.8. The fraction of sp³-hybridized carbons (Fsp3) is 0.0714. The topological polar surface area (TPSA) is 32.3 Å². The zero-order chi connectivity index (χ0) is 16.2. The van der Waals surface area contributed by atoms with Crippen LogP contribution in [0.1, 0.15) is 0 Å². The summed E-state index contributed by atoms with van der Waals surface area (Å²) in [6.07, 6.45) is 0. The number of hydrogen-bond acceptors (Lipinski definition) is 2. The van der Waals surface area contributed by atoms with Crippen molar-refractivity contribution in [1.29, 1.82) is 0 Å². The van der Waals surface area contributed by atoms with Crippen molar-refractivity contribution in [2.45, 2.75) is 3.92 Å². The molecule has 2 aromatic rings. The van der Waals surface area contributed by atoms with Crippen LogP contribution >= 0.6 is 46.8 Å². The molecule has 0 aliphatic carbocycles. The van der Waals surface area contributed by atoms with Gasteiger partial charge in [-0.1, -0.05) is 59.1 Å². The van der Waals surface area contributed by atoms with Gasteiger partial charge in [-0.3, -0.25) is 9.62 Å². The summed E-state index contributed by atoms with van der Waals surface area (Å²) in [5.41, 5.74) is 1.10. The first-order valence-electron chi connectivity index (χ1n) is 6.02. The molecule has 0 atom stereocenters. The number of hydrogen-bond donors (Lipinski definition) is 1. The third-order valence-electron chi connectivity index (χ3n) is 2.54. The Morgan fingerprint density at radius 3 is 2.32 bits per heavy atom. The number of rotatable bonds is 4. The molecule has 0 aliphatic rings. The van der Waals surface area contributed by atoms with Crippen LogP contribution in [0.4, 0.5) is 20.6 Å². The van der Waals surface area contributed by atoms with Crippen LogP contribution in [0.3, 0.4) is 0 Å². The van der Waals surface area contributed by atoms with Gasteiger partial charge in [0.05, 0.1) is 11.4 Å². The molecular weight excluding hydrogens is 370 g/mol. The molecule has 0 aliphatic heterocycles. The van der Waals surface area contributed by atoms with Crippen molar-refractivity contribution in [3.8, 4) is 0 Å². The summed E-state index contributed by atoms with van der Waals surface area (Å²) in [7, 11) is 0. The number of alkyl halides is 3. The van der Waals surface area contributed by atoms with Gasteiger partial charge in [0.1, 0.15) is 0 Å². The zero-order valence-corrected chi connectivity index (χ0v) is 14.1. The summed E-state index contributed by atoms with van der Waals surface area (Å²) >= 11 is 16.6. The number of carbonyl (C=O) groups is 1. The van der Waals surface area contributed by atoms with Gasteiger partial charge in [0.15, 0.2) is 0 Å². The van der Waals surface area contributed by atoms with Gasteiger partial charge >= 0.3 is 9.95 Å². The fourth-order valence-corrected chi connectivity index (χ4v) is 2.43. The van der Waals surface area contributed by atoms with Gasteiger partial charge in [0.2, 0.25) is 0 Å². The van der Waals surface area contributed by atoms with E-state index in [-0.39, 0.29) is 11.9 Å². The molecule has 1 N–H and O–H groups in total. The van der Waals surface area contributed by atoms with Gasteiger partial charge in [-0.15, -0.1) is 0 Å². The maximum Gasteiger partial charge on any atom is 0.336 e. The molecule has 2 aromatic carbocycles. The normalized spacial score (nSPS) is 11.1. The molecular formula is C14H10Cl3FN2OS. The zero-order valence-electron chi connectivity index (χ0n) is 11.0. The molecule has 0 unspecified atom stereocenters. The predicted molar refractivity (Wildman–Crippen MR) is 91.7 cm³/mol. The highest BCUT2D eigenvalue weighted by molar-refractivity contribution is 8.01. The number of anilines is 2. The van der Waals surface area contributed by atoms with Gasteiger partial charge in [0, 0.05) is 17.0 Å². The third kappa shape index (κ3) is 4.95. The monoisotopic (exact) mass is 378 g/mol. The molecule has 0 bridgehead atoms. The Bertz CT molecular complexity index is 652. The average Bonchev–Trinajstić information content (AvgIpc) is 2.46. The van der Waals surface area contributed by atoms with Gasteiger partial charge < -0.3 is 0 Å². The molecule has 0 radical (unpaired) electrons. The van der Waals surface area contributed by atoms with Crippen molar-refractivity contribution >= 4 is 64.2 Å². The van der Waals surface area contributed by atoms with E-state index in [1.54, 1.807) is 48.5 Å². The van der Waals surface area contributed by atoms with Crippen molar-refractivity contribution in [2.75, 3.05) is 4.90 Å². The number of halogens is 4. The Balaban J connectivity index is 2.32. The number of nitrogens with one attached hydrogen (secondary N) is 1. The lowest BCUT2D eigenvalue weighted by molar-refractivity contribution is 0.253. The van der Waals surface area contributed by atoms with E-state index in [1.807, 2.05) is 6.07 Å². The minimum absolute atomic E-state index is 0.254. The molecule has 3 nitrogen and oxygen atoms in total. The van der Waals surface area contributed by atoms with Crippen LogP contribution in [0.15, 0.2) is 54.6 Å². The molecule has 0 aromatic heterocycles. The molecule has 0 fully saturated rings. The van der Waals surface area contributed by atoms with Crippen molar-refractivity contribution in [3.05, 3.63) is 59.6 Å². The van der Waals surface area contributed by atoms with Crippen LogP contribution in [0, 0.1) is 0 Å². The highest BCUT2D eigenvalue weighted by atomic mass is 35.5. The smallest absolute Gasteiger partial charge is 0.276 e. The Morgan fingerprint density at radius 1 is 1.09 bits per heavy atom. The predicted octanol–water partition coefficient (Wildman–Crippen LogP) is 5.89. The van der Waals surface area contributed by atoms with Crippen LogP contribution in [0.5, 0.6) is 0 Å². The lowest BCUT2D eigenvalue weighted by Crippen LogP contribution is -2.34. The minimum Gasteiger partial charge on any atom is -0.276 e. The van der Waals surface area contributed by atoms with Gasteiger partial charge in [0.25, 0.3) is 0 Å². The SMILES string of the molecule is O=C(NSC(F)(Cl)Cl)N(c1ccccc1)c1cccc(Cl)c1. The van der Waals surface area contributed by atoms with Crippen molar-refractivity contribution in [3.63, 3.8) is 0 Å². The summed E-state index contributed by atoms with van der Waals surface area (Å²) in [5.74, 6) is 0. The highest BCUT2D eigenvalue weighted by Gasteiger charge is 2.27. The van der Waals surface area contributed by atoms with Gasteiger partial charge in [-0.25, -0.2) is 4.79 Å². The fourth-order valence-electron chi connectivity index (χ4n) is 1.72. The number of benzene rings is 2. The maximum absolute atomic E-state index is 13.1. The number of amides is 2. The molecule has 116 valence electrons. The maximum atomic E-state index is 13.1. The molecule has 0 spiro atoms. The molecule has 0 saturated carbocycles. The van der Waals surface area contributed by atoms with Crippen molar-refractivity contribution in [1.82, 2.24) is 4.72 Å². The van der Waals surface area contributed by atoms with Crippen molar-refractivity contribution in [2.24, 2.45) is 0 Å². The Morgan fingerprint density at radius 2 is 1.73 bits per heavy atom. The summed E-state index contributed by atoms with van der Waals surface area (Å²) in [5, 5.41) is 0.466. The Hall–Kier alpha value is -1.14. The van der Waals surface area contributed by atoms with Gasteiger partial charge in [-0.05, 0) is 30.3 Å². The van der Waals surface area contributed by atoms with E-state index in [9.17, 15) is 9.18 Å². The number of urea groups is 1. The summed E-state index contributed by atoms with van der Waals surface area (Å²) in [6.45, 7) is 0. The quantitative estimate of drug-likeness (QED) is 0.530. The van der Waals surface area contributed by atoms with Gasteiger partial charge in [-0.2, -0.15) is 4.39 Å². The van der Waals surface area contributed by atoms with Crippen LogP contribution in [0.2, 0.25) is 5.02 Å². The van der Waals surface area contributed by atoms with E-state index in [2.05, 4.69) is 4.72 Å². The minimum atomic E-state index is -2.62. The molecule has 8 heteroatoms. The average molecular weight is 380 g/mol. The second kappa shape index (κ2) is 7.42. The largest absolute Gasteiger partial charge is 0.336 e. The summed E-state index contributed by atoms with van der Waals surface area (Å²) in [6, 6.07) is 14.9. The molecule has 0 saturated heterocycles. The van der Waals surface area contributed by atoms with E-state index in [1.165, 1.54) is 4.90 Å². The Labute approximate surface area is 146 Å². The highest BCUT2D eigenvalue weighted by Crippen LogP contribution is 2.35. The van der Waals surface area contributed by atoms with Crippen molar-refractivity contribution < 1.29 is 9.18 Å². The second-order valence-electron chi connectivity index (χ2n) is 4.11. The number of carbonyl (C=O) groups excluding carboxylic acids is 1. The van der Waals surface area contributed by atoms with E-state index < -0.39 is 9.95 Å². The molecule has 2 rings (SSSR count). The number of nitrogens with zero attached hydrogens (tertiary/aromatic N) is 1. The van der Waals surface area contributed by atoms with E-state index in [4.69, 9.17) is 34.8 Å². The van der Waals surface area contributed by atoms with Crippen LogP contribution < -0.4 is 9.62 Å². The second-order valence-corrected chi connectivity index (χ2v) is 7.20. The summed E-state index contributed by atoms with van der Waals surface area (Å²) in [4.78, 5) is 13.7. The molecule has 2 amide bonds. The van der Waals surface area contributed by atoms with E-state index in [0.29, 0.717) is 16.4 Å². The Kier molecular flexibility index (Phi) is 5.81. The first-order valence-corrected chi connectivity index (χ1v) is 7.97. The molecule has 22 heavy (non-hydrogen) atoms. The standard InChI is InChI=1S/C14H10Cl3FN2OS/c15-10-5-4-8-12(9-10)20(11-6-2-1-3-7-11)13(21)19-22-14(16,17)18/h1-9H,(H,19,21). The third-order valence-corrected chi connectivity index (χ3v) is 3.74. The lowest BCUT2D eigenvalue weighted by atomic mass is 10.2. The van der Waals surface area contributed by atoms with E-state index in [0.717, 1.165) is 0 Å².